The van der Waals surface area contributed by atoms with Crippen molar-refractivity contribution in [3.05, 3.63) is 12.4 Å². The van der Waals surface area contributed by atoms with Crippen molar-refractivity contribution in [3.63, 3.8) is 0 Å². The van der Waals surface area contributed by atoms with E-state index in [-0.39, 0.29) is 0 Å². The second kappa shape index (κ2) is 9.82. The van der Waals surface area contributed by atoms with E-state index in [0.717, 1.165) is 45.7 Å². The van der Waals surface area contributed by atoms with Gasteiger partial charge >= 0.3 is 0 Å². The van der Waals surface area contributed by atoms with Gasteiger partial charge in [0.1, 0.15) is 0 Å². The van der Waals surface area contributed by atoms with Gasteiger partial charge in [-0.15, -0.1) is 16.9 Å². The standard InChI is InChI=1S/C12H20N4O/c1-2-3-4-6-13-8-12-17-11-5-9-16-10-7-14-15-16/h7,10,13H,4-6,8-9,11-12H2,1H3. The minimum Gasteiger partial charge on any atom is -0.380 e. The summed E-state index contributed by atoms with van der Waals surface area (Å²) in [5.41, 5.74) is 0. The Morgan fingerprint density at radius 1 is 1.35 bits per heavy atom. The normalized spacial score (nSPS) is 9.94. The van der Waals surface area contributed by atoms with E-state index in [1.807, 2.05) is 17.8 Å². The molecule has 1 N–H and O–H groups in total. The third kappa shape index (κ3) is 7.50. The maximum absolute atomic E-state index is 5.48. The van der Waals surface area contributed by atoms with Gasteiger partial charge < -0.3 is 10.1 Å². The van der Waals surface area contributed by atoms with E-state index in [0.29, 0.717) is 0 Å². The molecular formula is C12H20N4O. The van der Waals surface area contributed by atoms with E-state index in [1.165, 1.54) is 0 Å². The molecule has 0 saturated carbocycles. The molecule has 0 fully saturated rings. The van der Waals surface area contributed by atoms with Crippen molar-refractivity contribution >= 4 is 0 Å². The van der Waals surface area contributed by atoms with E-state index in [9.17, 15) is 0 Å². The summed E-state index contributed by atoms with van der Waals surface area (Å²) in [7, 11) is 0. The van der Waals surface area contributed by atoms with Crippen LogP contribution in [0.15, 0.2) is 12.4 Å². The molecule has 0 aliphatic rings. The van der Waals surface area contributed by atoms with E-state index >= 15 is 0 Å². The first-order chi connectivity index (χ1) is 8.43. The predicted molar refractivity (Wildman–Crippen MR) is 66.4 cm³/mol. The summed E-state index contributed by atoms with van der Waals surface area (Å²) >= 11 is 0. The van der Waals surface area contributed by atoms with Gasteiger partial charge in [0, 0.05) is 38.9 Å². The monoisotopic (exact) mass is 236 g/mol. The van der Waals surface area contributed by atoms with Crippen LogP contribution >= 0.6 is 0 Å². The maximum atomic E-state index is 5.48. The molecule has 1 heterocycles. The Balaban J connectivity index is 1.79. The van der Waals surface area contributed by atoms with Gasteiger partial charge in [0.05, 0.1) is 12.8 Å². The highest BCUT2D eigenvalue weighted by Gasteiger charge is 1.92. The Kier molecular flexibility index (Phi) is 7.90. The highest BCUT2D eigenvalue weighted by molar-refractivity contribution is 4.94. The Bertz CT molecular complexity index is 326. The molecule has 0 aliphatic carbocycles. The van der Waals surface area contributed by atoms with Crippen LogP contribution in [-0.2, 0) is 11.3 Å². The number of ether oxygens (including phenoxy) is 1. The smallest absolute Gasteiger partial charge is 0.0692 e. The molecule has 0 aliphatic heterocycles. The summed E-state index contributed by atoms with van der Waals surface area (Å²) in [6.45, 7) is 6.04. The van der Waals surface area contributed by atoms with Crippen LogP contribution in [0.2, 0.25) is 0 Å². The molecule has 1 aromatic heterocycles. The number of aromatic nitrogens is 3. The first-order valence-electron chi connectivity index (χ1n) is 5.95. The van der Waals surface area contributed by atoms with Gasteiger partial charge in [-0.1, -0.05) is 5.21 Å². The van der Waals surface area contributed by atoms with Crippen LogP contribution in [0.4, 0.5) is 0 Å². The molecule has 0 amide bonds. The van der Waals surface area contributed by atoms with Crippen molar-refractivity contribution < 1.29 is 4.74 Å². The molecule has 94 valence electrons. The first kappa shape index (κ1) is 13.7. The van der Waals surface area contributed by atoms with Gasteiger partial charge in [-0.2, -0.15) is 0 Å². The van der Waals surface area contributed by atoms with E-state index in [4.69, 9.17) is 4.74 Å². The van der Waals surface area contributed by atoms with Crippen LogP contribution in [0.3, 0.4) is 0 Å². The fraction of sp³-hybridized carbons (Fsp3) is 0.667. The molecule has 5 nitrogen and oxygen atoms in total. The molecule has 0 radical (unpaired) electrons. The quantitative estimate of drug-likeness (QED) is 0.506. The number of nitrogens with zero attached hydrogens (tertiary/aromatic N) is 3. The second-order valence-corrected chi connectivity index (χ2v) is 3.56. The molecule has 0 bridgehead atoms. The maximum Gasteiger partial charge on any atom is 0.0692 e. The summed E-state index contributed by atoms with van der Waals surface area (Å²) < 4.78 is 7.29. The summed E-state index contributed by atoms with van der Waals surface area (Å²) in [4.78, 5) is 0. The molecule has 1 aromatic rings. The predicted octanol–water partition coefficient (Wildman–Crippen LogP) is 0.688. The topological polar surface area (TPSA) is 52.0 Å². The largest absolute Gasteiger partial charge is 0.380 e. The molecule has 0 spiro atoms. The van der Waals surface area contributed by atoms with Crippen molar-refractivity contribution in [2.24, 2.45) is 0 Å². The molecule has 0 unspecified atom stereocenters. The summed E-state index contributed by atoms with van der Waals surface area (Å²) in [6.07, 6.45) is 5.41. The van der Waals surface area contributed by atoms with Crippen molar-refractivity contribution in [1.29, 1.82) is 0 Å². The minimum atomic E-state index is 0.747. The Hall–Kier alpha value is -1.38. The van der Waals surface area contributed by atoms with Crippen molar-refractivity contribution in [2.45, 2.75) is 26.3 Å². The lowest BCUT2D eigenvalue weighted by Crippen LogP contribution is -2.21. The van der Waals surface area contributed by atoms with Gasteiger partial charge in [-0.25, -0.2) is 0 Å². The molecule has 0 aromatic carbocycles. The van der Waals surface area contributed by atoms with Crippen molar-refractivity contribution in [1.82, 2.24) is 20.3 Å². The van der Waals surface area contributed by atoms with Crippen molar-refractivity contribution in [3.8, 4) is 11.8 Å². The van der Waals surface area contributed by atoms with E-state index in [2.05, 4.69) is 27.5 Å². The molecular weight excluding hydrogens is 216 g/mol. The second-order valence-electron chi connectivity index (χ2n) is 3.56. The molecule has 0 atom stereocenters. The van der Waals surface area contributed by atoms with E-state index < -0.39 is 0 Å². The average molecular weight is 236 g/mol. The van der Waals surface area contributed by atoms with E-state index in [1.54, 1.807) is 6.20 Å². The third-order valence-electron chi connectivity index (χ3n) is 2.17. The molecule has 0 saturated heterocycles. The molecule has 5 heteroatoms. The first-order valence-corrected chi connectivity index (χ1v) is 5.95. The zero-order chi connectivity index (χ0) is 12.2. The Morgan fingerprint density at radius 2 is 2.29 bits per heavy atom. The lowest BCUT2D eigenvalue weighted by atomic mass is 10.4. The number of hydrogen-bond donors (Lipinski definition) is 1. The lowest BCUT2D eigenvalue weighted by molar-refractivity contribution is 0.130. The molecule has 1 rings (SSSR count). The highest BCUT2D eigenvalue weighted by Crippen LogP contribution is 1.88. The van der Waals surface area contributed by atoms with Crippen LogP contribution in [0.25, 0.3) is 0 Å². The fourth-order valence-corrected chi connectivity index (χ4v) is 1.33. The summed E-state index contributed by atoms with van der Waals surface area (Å²) in [6, 6.07) is 0. The zero-order valence-corrected chi connectivity index (χ0v) is 10.4. The Morgan fingerprint density at radius 3 is 3.06 bits per heavy atom. The SMILES string of the molecule is CC#CCCNCCOCCCn1ccnn1. The van der Waals surface area contributed by atoms with Crippen LogP contribution in [0, 0.1) is 11.8 Å². The number of nitrogens with one attached hydrogen (secondary N) is 1. The summed E-state index contributed by atoms with van der Waals surface area (Å²) in [5.74, 6) is 5.87. The van der Waals surface area contributed by atoms with Gasteiger partial charge in [-0.3, -0.25) is 4.68 Å². The van der Waals surface area contributed by atoms with Crippen LogP contribution in [0.5, 0.6) is 0 Å². The molecule has 17 heavy (non-hydrogen) atoms. The number of hydrogen-bond acceptors (Lipinski definition) is 4. The zero-order valence-electron chi connectivity index (χ0n) is 10.4. The number of aryl methyl sites for hydroxylation is 1. The number of rotatable bonds is 9. The lowest BCUT2D eigenvalue weighted by Gasteiger charge is -2.04. The van der Waals surface area contributed by atoms with Gasteiger partial charge in [-0.05, 0) is 13.3 Å². The van der Waals surface area contributed by atoms with Crippen LogP contribution in [0.1, 0.15) is 19.8 Å². The van der Waals surface area contributed by atoms with Gasteiger partial charge in [0.25, 0.3) is 0 Å². The van der Waals surface area contributed by atoms with Crippen LogP contribution in [-0.4, -0.2) is 41.3 Å². The van der Waals surface area contributed by atoms with Crippen LogP contribution < -0.4 is 5.32 Å². The average Bonchev–Trinajstić information content (AvgIpc) is 2.85. The minimum absolute atomic E-state index is 0.747. The Labute approximate surface area is 103 Å². The van der Waals surface area contributed by atoms with Gasteiger partial charge in [0.2, 0.25) is 0 Å². The third-order valence-corrected chi connectivity index (χ3v) is 2.17. The summed E-state index contributed by atoms with van der Waals surface area (Å²) in [5, 5.41) is 10.9. The fourth-order valence-electron chi connectivity index (χ4n) is 1.33. The van der Waals surface area contributed by atoms with Gasteiger partial charge in [0.15, 0.2) is 0 Å². The highest BCUT2D eigenvalue weighted by atomic mass is 16.5. The van der Waals surface area contributed by atoms with Crippen molar-refractivity contribution in [2.75, 3.05) is 26.3 Å².